The fourth-order valence-corrected chi connectivity index (χ4v) is 3.80. The topological polar surface area (TPSA) is 66.8 Å². The zero-order valence-corrected chi connectivity index (χ0v) is 14.3. The lowest BCUT2D eigenvalue weighted by molar-refractivity contribution is -0.139. The van der Waals surface area contributed by atoms with Gasteiger partial charge >= 0.3 is 5.97 Å². The number of aliphatic carboxylic acids is 1. The fourth-order valence-electron chi connectivity index (χ4n) is 3.61. The van der Waals surface area contributed by atoms with E-state index >= 15 is 0 Å². The van der Waals surface area contributed by atoms with Crippen LogP contribution in [0.2, 0.25) is 5.02 Å². The van der Waals surface area contributed by atoms with Crippen molar-refractivity contribution in [2.75, 3.05) is 19.7 Å². The van der Waals surface area contributed by atoms with Crippen LogP contribution >= 0.6 is 11.6 Å². The van der Waals surface area contributed by atoms with Crippen LogP contribution in [0, 0.1) is 11.8 Å². The zero-order chi connectivity index (χ0) is 17.1. The van der Waals surface area contributed by atoms with E-state index in [9.17, 15) is 9.59 Å². The summed E-state index contributed by atoms with van der Waals surface area (Å²) in [6.07, 6.45) is 3.39. The summed E-state index contributed by atoms with van der Waals surface area (Å²) in [4.78, 5) is 25.5. The molecule has 0 aliphatic carbocycles. The van der Waals surface area contributed by atoms with Gasteiger partial charge in [0.15, 0.2) is 0 Å². The summed E-state index contributed by atoms with van der Waals surface area (Å²) in [7, 11) is 0. The van der Waals surface area contributed by atoms with E-state index in [1.54, 1.807) is 6.07 Å². The van der Waals surface area contributed by atoms with E-state index < -0.39 is 5.97 Å². The molecular formula is C18H22ClNO4. The van der Waals surface area contributed by atoms with E-state index in [1.165, 1.54) is 0 Å². The zero-order valence-electron chi connectivity index (χ0n) is 13.5. The van der Waals surface area contributed by atoms with E-state index in [4.69, 9.17) is 21.4 Å². The molecule has 2 aliphatic rings. The first-order valence-electron chi connectivity index (χ1n) is 8.44. The number of ether oxygens (including phenoxy) is 1. The Morgan fingerprint density at radius 1 is 1.38 bits per heavy atom. The molecule has 2 aliphatic heterocycles. The van der Waals surface area contributed by atoms with Gasteiger partial charge in [-0.05, 0) is 55.4 Å². The Morgan fingerprint density at radius 2 is 2.21 bits per heavy atom. The minimum absolute atomic E-state index is 0.112. The number of carboxylic acid groups (broad SMARTS) is 1. The molecule has 5 nitrogen and oxygen atoms in total. The van der Waals surface area contributed by atoms with Crippen LogP contribution in [0.3, 0.4) is 0 Å². The average Bonchev–Trinajstić information content (AvgIpc) is 2.59. The van der Waals surface area contributed by atoms with Crippen molar-refractivity contribution in [2.45, 2.75) is 32.1 Å². The van der Waals surface area contributed by atoms with E-state index in [0.717, 1.165) is 30.7 Å². The van der Waals surface area contributed by atoms with Crippen LogP contribution in [0.5, 0.6) is 5.75 Å². The number of hydrogen-bond donors (Lipinski definition) is 1. The SMILES string of the molecule is O=C(O)CC[C@@H]1CCCN(C(=O)[C@H]2COc3ccc(Cl)cc3C2)C1. The number of hydrogen-bond acceptors (Lipinski definition) is 3. The number of rotatable bonds is 4. The summed E-state index contributed by atoms with van der Waals surface area (Å²) >= 11 is 6.03. The van der Waals surface area contributed by atoms with Crippen LogP contribution in [0.4, 0.5) is 0 Å². The quantitative estimate of drug-likeness (QED) is 0.905. The molecule has 1 aromatic carbocycles. The number of benzene rings is 1. The molecule has 1 N–H and O–H groups in total. The summed E-state index contributed by atoms with van der Waals surface area (Å²) < 4.78 is 5.72. The Labute approximate surface area is 146 Å². The highest BCUT2D eigenvalue weighted by atomic mass is 35.5. The van der Waals surface area contributed by atoms with E-state index in [1.807, 2.05) is 17.0 Å². The van der Waals surface area contributed by atoms with Crippen molar-refractivity contribution in [3.05, 3.63) is 28.8 Å². The first-order chi connectivity index (χ1) is 11.5. The van der Waals surface area contributed by atoms with Gasteiger partial charge in [-0.25, -0.2) is 0 Å². The fraction of sp³-hybridized carbons (Fsp3) is 0.556. The predicted molar refractivity (Wildman–Crippen MR) is 90.3 cm³/mol. The number of carboxylic acids is 1. The maximum Gasteiger partial charge on any atom is 0.303 e. The van der Waals surface area contributed by atoms with Gasteiger partial charge < -0.3 is 14.7 Å². The molecule has 0 saturated carbocycles. The van der Waals surface area contributed by atoms with E-state index in [0.29, 0.717) is 31.0 Å². The Bertz CT molecular complexity index is 633. The lowest BCUT2D eigenvalue weighted by atomic mass is 9.90. The Morgan fingerprint density at radius 3 is 3.00 bits per heavy atom. The molecule has 1 saturated heterocycles. The minimum atomic E-state index is -0.771. The third kappa shape index (κ3) is 4.01. The van der Waals surface area contributed by atoms with Gasteiger partial charge in [-0.15, -0.1) is 0 Å². The molecule has 1 amide bonds. The van der Waals surface area contributed by atoms with Crippen LogP contribution in [-0.4, -0.2) is 41.6 Å². The van der Waals surface area contributed by atoms with Crippen LogP contribution in [-0.2, 0) is 16.0 Å². The van der Waals surface area contributed by atoms with Crippen LogP contribution in [0.15, 0.2) is 18.2 Å². The molecule has 130 valence electrons. The van der Waals surface area contributed by atoms with Crippen molar-refractivity contribution in [3.8, 4) is 5.75 Å². The standard InChI is InChI=1S/C18H22ClNO4/c19-15-4-5-16-13(9-15)8-14(11-24-16)18(23)20-7-1-2-12(10-20)3-6-17(21)22/h4-5,9,12,14H,1-3,6-8,10-11H2,(H,21,22)/t12-,14+/m0/s1. The second-order valence-electron chi connectivity index (χ2n) is 6.69. The van der Waals surface area contributed by atoms with Gasteiger partial charge in [0.2, 0.25) is 5.91 Å². The maximum absolute atomic E-state index is 12.8. The van der Waals surface area contributed by atoms with Crippen molar-refractivity contribution < 1.29 is 19.4 Å². The number of amides is 1. The molecular weight excluding hydrogens is 330 g/mol. The molecule has 0 unspecified atom stereocenters. The van der Waals surface area contributed by atoms with Crippen molar-refractivity contribution in [3.63, 3.8) is 0 Å². The number of piperidine rings is 1. The molecule has 0 aromatic heterocycles. The summed E-state index contributed by atoms with van der Waals surface area (Å²) in [6.45, 7) is 1.80. The van der Waals surface area contributed by atoms with E-state index in [2.05, 4.69) is 0 Å². The van der Waals surface area contributed by atoms with Crippen molar-refractivity contribution in [1.82, 2.24) is 4.90 Å². The highest BCUT2D eigenvalue weighted by Crippen LogP contribution is 2.31. The second kappa shape index (κ2) is 7.43. The molecule has 0 radical (unpaired) electrons. The van der Waals surface area contributed by atoms with Gasteiger partial charge in [0.25, 0.3) is 0 Å². The smallest absolute Gasteiger partial charge is 0.303 e. The van der Waals surface area contributed by atoms with Crippen LogP contribution in [0.25, 0.3) is 0 Å². The highest BCUT2D eigenvalue weighted by Gasteiger charge is 2.32. The molecule has 0 bridgehead atoms. The van der Waals surface area contributed by atoms with Gasteiger partial charge in [-0.2, -0.15) is 0 Å². The number of likely N-dealkylation sites (tertiary alicyclic amines) is 1. The van der Waals surface area contributed by atoms with Gasteiger partial charge in [0.05, 0.1) is 5.92 Å². The van der Waals surface area contributed by atoms with Gasteiger partial charge in [0, 0.05) is 24.5 Å². The van der Waals surface area contributed by atoms with E-state index in [-0.39, 0.29) is 24.2 Å². The molecule has 24 heavy (non-hydrogen) atoms. The monoisotopic (exact) mass is 351 g/mol. The number of nitrogens with zero attached hydrogens (tertiary/aromatic N) is 1. The van der Waals surface area contributed by atoms with Crippen molar-refractivity contribution in [1.29, 1.82) is 0 Å². The van der Waals surface area contributed by atoms with Crippen molar-refractivity contribution in [2.24, 2.45) is 11.8 Å². The first-order valence-corrected chi connectivity index (χ1v) is 8.82. The predicted octanol–water partition coefficient (Wildman–Crippen LogP) is 2.99. The third-order valence-electron chi connectivity index (χ3n) is 4.88. The number of carbonyl (C=O) groups excluding carboxylic acids is 1. The largest absolute Gasteiger partial charge is 0.492 e. The van der Waals surface area contributed by atoms with Crippen LogP contribution < -0.4 is 4.74 Å². The maximum atomic E-state index is 12.8. The summed E-state index contributed by atoms with van der Waals surface area (Å²) in [5, 5.41) is 9.48. The molecule has 3 rings (SSSR count). The normalized spacial score (nSPS) is 23.3. The number of fused-ring (bicyclic) bond motifs is 1. The summed E-state index contributed by atoms with van der Waals surface area (Å²) in [6, 6.07) is 5.50. The Hall–Kier alpha value is -1.75. The first kappa shape index (κ1) is 17.1. The minimum Gasteiger partial charge on any atom is -0.492 e. The molecule has 0 spiro atoms. The summed E-state index contributed by atoms with van der Waals surface area (Å²) in [5.41, 5.74) is 0.978. The lowest BCUT2D eigenvalue weighted by Crippen LogP contribution is -2.45. The van der Waals surface area contributed by atoms with Crippen LogP contribution in [0.1, 0.15) is 31.2 Å². The third-order valence-corrected chi connectivity index (χ3v) is 5.11. The Balaban J connectivity index is 1.61. The molecule has 1 fully saturated rings. The van der Waals surface area contributed by atoms with Crippen molar-refractivity contribution >= 4 is 23.5 Å². The highest BCUT2D eigenvalue weighted by molar-refractivity contribution is 6.30. The average molecular weight is 352 g/mol. The molecule has 2 atom stereocenters. The van der Waals surface area contributed by atoms with Gasteiger partial charge in [0.1, 0.15) is 12.4 Å². The lowest BCUT2D eigenvalue weighted by Gasteiger charge is -2.36. The molecule has 6 heteroatoms. The number of carbonyl (C=O) groups is 2. The Kier molecular flexibility index (Phi) is 5.29. The summed E-state index contributed by atoms with van der Waals surface area (Å²) in [5.74, 6) is 0.244. The molecule has 2 heterocycles. The van der Waals surface area contributed by atoms with Gasteiger partial charge in [-0.1, -0.05) is 11.6 Å². The number of halogens is 1. The molecule has 1 aromatic rings. The van der Waals surface area contributed by atoms with Gasteiger partial charge in [-0.3, -0.25) is 9.59 Å². The second-order valence-corrected chi connectivity index (χ2v) is 7.13.